The van der Waals surface area contributed by atoms with Crippen LogP contribution in [0.15, 0.2) is 42.5 Å². The van der Waals surface area contributed by atoms with E-state index in [0.29, 0.717) is 11.5 Å². The molecule has 0 saturated carbocycles. The summed E-state index contributed by atoms with van der Waals surface area (Å²) < 4.78 is 26.7. The molecule has 0 aliphatic carbocycles. The molecule has 0 radical (unpaired) electrons. The standard InChI is InChI=1S/C17H19F2N/c1-11(2)12-4-6-13(7-5-12)17(3,20)14-8-15(18)10-16(19)9-14/h4-11H,20H2,1-3H3. The fourth-order valence-electron chi connectivity index (χ4n) is 2.23. The highest BCUT2D eigenvalue weighted by molar-refractivity contribution is 5.39. The summed E-state index contributed by atoms with van der Waals surface area (Å²) in [5.41, 5.74) is 7.81. The Morgan fingerprint density at radius 3 is 1.85 bits per heavy atom. The van der Waals surface area contributed by atoms with Crippen LogP contribution in [0, 0.1) is 11.6 Å². The molecule has 20 heavy (non-hydrogen) atoms. The lowest BCUT2D eigenvalue weighted by Gasteiger charge is -2.26. The van der Waals surface area contributed by atoms with Crippen LogP contribution in [-0.4, -0.2) is 0 Å². The van der Waals surface area contributed by atoms with Gasteiger partial charge in [-0.1, -0.05) is 38.1 Å². The Morgan fingerprint density at radius 2 is 1.40 bits per heavy atom. The van der Waals surface area contributed by atoms with Crippen molar-refractivity contribution >= 4 is 0 Å². The summed E-state index contributed by atoms with van der Waals surface area (Å²) in [6.07, 6.45) is 0. The highest BCUT2D eigenvalue weighted by Crippen LogP contribution is 2.28. The van der Waals surface area contributed by atoms with E-state index in [2.05, 4.69) is 13.8 Å². The maximum Gasteiger partial charge on any atom is 0.126 e. The molecule has 1 atom stereocenters. The number of hydrogen-bond donors (Lipinski definition) is 1. The molecule has 2 aromatic rings. The summed E-state index contributed by atoms with van der Waals surface area (Å²) >= 11 is 0. The molecule has 1 unspecified atom stereocenters. The van der Waals surface area contributed by atoms with E-state index >= 15 is 0 Å². The van der Waals surface area contributed by atoms with Gasteiger partial charge >= 0.3 is 0 Å². The van der Waals surface area contributed by atoms with Crippen LogP contribution in [0.4, 0.5) is 8.78 Å². The van der Waals surface area contributed by atoms with Crippen LogP contribution < -0.4 is 5.73 Å². The van der Waals surface area contributed by atoms with Crippen LogP contribution >= 0.6 is 0 Å². The third kappa shape index (κ3) is 2.88. The lowest BCUT2D eigenvalue weighted by molar-refractivity contribution is 0.550. The number of halogens is 2. The van der Waals surface area contributed by atoms with E-state index in [1.807, 2.05) is 24.3 Å². The Labute approximate surface area is 118 Å². The molecule has 0 bridgehead atoms. The van der Waals surface area contributed by atoms with E-state index in [1.54, 1.807) is 6.92 Å². The average molecular weight is 275 g/mol. The van der Waals surface area contributed by atoms with Gasteiger partial charge in [0.2, 0.25) is 0 Å². The summed E-state index contributed by atoms with van der Waals surface area (Å²) in [6.45, 7) is 5.97. The van der Waals surface area contributed by atoms with Gasteiger partial charge in [0.05, 0.1) is 5.54 Å². The number of nitrogens with two attached hydrogens (primary N) is 1. The van der Waals surface area contributed by atoms with E-state index in [0.717, 1.165) is 11.6 Å². The summed E-state index contributed by atoms with van der Waals surface area (Å²) in [6, 6.07) is 11.2. The molecule has 0 amide bonds. The van der Waals surface area contributed by atoms with Crippen LogP contribution in [0.5, 0.6) is 0 Å². The molecule has 2 aromatic carbocycles. The Kier molecular flexibility index (Phi) is 3.91. The SMILES string of the molecule is CC(C)c1ccc(C(C)(N)c2cc(F)cc(F)c2)cc1. The second kappa shape index (κ2) is 5.33. The highest BCUT2D eigenvalue weighted by Gasteiger charge is 2.25. The summed E-state index contributed by atoms with van der Waals surface area (Å²) in [4.78, 5) is 0. The monoisotopic (exact) mass is 275 g/mol. The zero-order valence-electron chi connectivity index (χ0n) is 12.0. The van der Waals surface area contributed by atoms with Gasteiger partial charge in [0.25, 0.3) is 0 Å². The van der Waals surface area contributed by atoms with Crippen LogP contribution in [0.1, 0.15) is 43.4 Å². The average Bonchev–Trinajstić information content (AvgIpc) is 2.37. The molecule has 0 aliphatic heterocycles. The van der Waals surface area contributed by atoms with E-state index < -0.39 is 17.2 Å². The second-order valence-electron chi connectivity index (χ2n) is 5.64. The van der Waals surface area contributed by atoms with Gasteiger partial charge in [-0.15, -0.1) is 0 Å². The van der Waals surface area contributed by atoms with Crippen LogP contribution in [0.2, 0.25) is 0 Å². The van der Waals surface area contributed by atoms with E-state index in [1.165, 1.54) is 17.7 Å². The summed E-state index contributed by atoms with van der Waals surface area (Å²) in [5, 5.41) is 0. The minimum atomic E-state index is -0.932. The van der Waals surface area contributed by atoms with Crippen molar-refractivity contribution in [2.45, 2.75) is 32.2 Å². The molecule has 0 fully saturated rings. The van der Waals surface area contributed by atoms with Gasteiger partial charge in [-0.2, -0.15) is 0 Å². The fraction of sp³-hybridized carbons (Fsp3) is 0.294. The molecule has 0 heterocycles. The predicted molar refractivity (Wildman–Crippen MR) is 77.5 cm³/mol. The van der Waals surface area contributed by atoms with Gasteiger partial charge in [0.15, 0.2) is 0 Å². The van der Waals surface area contributed by atoms with Gasteiger partial charge in [0.1, 0.15) is 11.6 Å². The third-order valence-corrected chi connectivity index (χ3v) is 3.64. The molecule has 0 aliphatic rings. The fourth-order valence-corrected chi connectivity index (χ4v) is 2.23. The lowest BCUT2D eigenvalue weighted by Crippen LogP contribution is -2.34. The molecule has 0 saturated heterocycles. The van der Waals surface area contributed by atoms with Gasteiger partial charge in [-0.3, -0.25) is 0 Å². The molecule has 3 heteroatoms. The number of rotatable bonds is 3. The van der Waals surface area contributed by atoms with Crippen molar-refractivity contribution in [2.24, 2.45) is 5.73 Å². The van der Waals surface area contributed by atoms with E-state index in [-0.39, 0.29) is 0 Å². The van der Waals surface area contributed by atoms with Crippen molar-refractivity contribution in [3.63, 3.8) is 0 Å². The highest BCUT2D eigenvalue weighted by atomic mass is 19.1. The van der Waals surface area contributed by atoms with Crippen LogP contribution in [0.25, 0.3) is 0 Å². The molecule has 2 rings (SSSR count). The number of hydrogen-bond acceptors (Lipinski definition) is 1. The number of benzene rings is 2. The molecular weight excluding hydrogens is 256 g/mol. The lowest BCUT2D eigenvalue weighted by atomic mass is 9.84. The largest absolute Gasteiger partial charge is 0.318 e. The van der Waals surface area contributed by atoms with Crippen LogP contribution in [-0.2, 0) is 5.54 Å². The smallest absolute Gasteiger partial charge is 0.126 e. The Bertz CT molecular complexity index is 581. The zero-order valence-corrected chi connectivity index (χ0v) is 12.0. The first-order valence-electron chi connectivity index (χ1n) is 6.66. The van der Waals surface area contributed by atoms with Crippen molar-refractivity contribution in [3.05, 3.63) is 70.8 Å². The topological polar surface area (TPSA) is 26.0 Å². The molecule has 1 nitrogen and oxygen atoms in total. The van der Waals surface area contributed by atoms with Crippen molar-refractivity contribution in [1.29, 1.82) is 0 Å². The van der Waals surface area contributed by atoms with Gasteiger partial charge < -0.3 is 5.73 Å². The minimum Gasteiger partial charge on any atom is -0.318 e. The van der Waals surface area contributed by atoms with E-state index in [4.69, 9.17) is 5.73 Å². The van der Waals surface area contributed by atoms with Gasteiger partial charge in [0, 0.05) is 6.07 Å². The van der Waals surface area contributed by atoms with Crippen LogP contribution in [0.3, 0.4) is 0 Å². The normalized spacial score (nSPS) is 14.3. The Balaban J connectivity index is 2.43. The maximum absolute atomic E-state index is 13.3. The molecule has 0 aromatic heterocycles. The molecule has 2 N–H and O–H groups in total. The molecular formula is C17H19F2N. The van der Waals surface area contributed by atoms with Gasteiger partial charge in [-0.05, 0) is 41.7 Å². The van der Waals surface area contributed by atoms with Gasteiger partial charge in [-0.25, -0.2) is 8.78 Å². The molecule has 0 spiro atoms. The molecule has 106 valence electrons. The first kappa shape index (κ1) is 14.7. The first-order chi connectivity index (χ1) is 9.30. The maximum atomic E-state index is 13.3. The van der Waals surface area contributed by atoms with E-state index in [9.17, 15) is 8.78 Å². The van der Waals surface area contributed by atoms with Crippen molar-refractivity contribution in [2.75, 3.05) is 0 Å². The predicted octanol–water partition coefficient (Wildman–Crippen LogP) is 4.31. The minimum absolute atomic E-state index is 0.423. The van der Waals surface area contributed by atoms with Crippen molar-refractivity contribution < 1.29 is 8.78 Å². The Morgan fingerprint density at radius 1 is 0.900 bits per heavy atom. The quantitative estimate of drug-likeness (QED) is 0.887. The zero-order chi connectivity index (χ0) is 14.9. The van der Waals surface area contributed by atoms with Crippen molar-refractivity contribution in [3.8, 4) is 0 Å². The summed E-state index contributed by atoms with van der Waals surface area (Å²) in [5.74, 6) is -0.800. The Hall–Kier alpha value is -1.74. The third-order valence-electron chi connectivity index (χ3n) is 3.64. The summed E-state index contributed by atoms with van der Waals surface area (Å²) in [7, 11) is 0. The first-order valence-corrected chi connectivity index (χ1v) is 6.66. The second-order valence-corrected chi connectivity index (χ2v) is 5.64. The van der Waals surface area contributed by atoms with Crippen molar-refractivity contribution in [1.82, 2.24) is 0 Å².